The van der Waals surface area contributed by atoms with Crippen molar-refractivity contribution < 1.29 is 9.59 Å². The van der Waals surface area contributed by atoms with Crippen LogP contribution in [-0.2, 0) is 9.59 Å². The SMILES string of the molecule is C.O=C(Cl)C1CCCCC1.O=C(Cl)C1CCCCC1. The molecule has 0 atom stereocenters. The maximum Gasteiger partial charge on any atom is 0.224 e. The van der Waals surface area contributed by atoms with Crippen molar-refractivity contribution in [1.29, 1.82) is 0 Å². The molecule has 0 aromatic rings. The van der Waals surface area contributed by atoms with E-state index in [0.29, 0.717) is 0 Å². The fraction of sp³-hybridized carbons (Fsp3) is 0.867. The van der Waals surface area contributed by atoms with E-state index in [0.717, 1.165) is 25.7 Å². The van der Waals surface area contributed by atoms with Gasteiger partial charge >= 0.3 is 0 Å². The molecule has 0 bridgehead atoms. The number of carbonyl (C=O) groups is 2. The fourth-order valence-electron chi connectivity index (χ4n) is 2.66. The average molecular weight is 309 g/mol. The van der Waals surface area contributed by atoms with Crippen LogP contribution in [0.25, 0.3) is 0 Å². The first-order valence-corrected chi connectivity index (χ1v) is 7.75. The molecule has 0 amide bonds. The van der Waals surface area contributed by atoms with Crippen molar-refractivity contribution in [3.63, 3.8) is 0 Å². The summed E-state index contributed by atoms with van der Waals surface area (Å²) in [6.45, 7) is 0. The van der Waals surface area contributed by atoms with Crippen LogP contribution in [0.1, 0.15) is 71.6 Å². The Morgan fingerprint density at radius 1 is 0.632 bits per heavy atom. The van der Waals surface area contributed by atoms with Crippen LogP contribution < -0.4 is 0 Å². The van der Waals surface area contributed by atoms with E-state index in [1.165, 1.54) is 38.5 Å². The van der Waals surface area contributed by atoms with Crippen LogP contribution in [-0.4, -0.2) is 10.5 Å². The zero-order chi connectivity index (χ0) is 13.4. The number of hydrogen-bond acceptors (Lipinski definition) is 2. The van der Waals surface area contributed by atoms with E-state index in [1.54, 1.807) is 0 Å². The highest BCUT2D eigenvalue weighted by molar-refractivity contribution is 6.64. The number of halogens is 2. The Morgan fingerprint density at radius 2 is 0.895 bits per heavy atom. The molecule has 0 N–H and O–H groups in total. The monoisotopic (exact) mass is 308 g/mol. The van der Waals surface area contributed by atoms with Crippen molar-refractivity contribution in [2.45, 2.75) is 71.6 Å². The zero-order valence-electron chi connectivity index (χ0n) is 10.8. The molecule has 0 aliphatic heterocycles. The van der Waals surface area contributed by atoms with Gasteiger partial charge in [0.25, 0.3) is 0 Å². The van der Waals surface area contributed by atoms with Gasteiger partial charge in [0.05, 0.1) is 0 Å². The van der Waals surface area contributed by atoms with Crippen LogP contribution in [0.4, 0.5) is 0 Å². The van der Waals surface area contributed by atoms with Crippen molar-refractivity contribution in [3.05, 3.63) is 0 Å². The first-order valence-electron chi connectivity index (χ1n) is 7.00. The molecule has 0 aromatic heterocycles. The summed E-state index contributed by atoms with van der Waals surface area (Å²) in [5.74, 6) is 0.362. The lowest BCUT2D eigenvalue weighted by Gasteiger charge is -2.16. The molecule has 2 aliphatic rings. The van der Waals surface area contributed by atoms with Crippen LogP contribution in [0.2, 0.25) is 0 Å². The topological polar surface area (TPSA) is 34.1 Å². The normalized spacial score (nSPS) is 20.7. The molecule has 4 heteroatoms. The summed E-state index contributed by atoms with van der Waals surface area (Å²) in [5.41, 5.74) is 0. The molecule has 2 rings (SSSR count). The number of carbonyl (C=O) groups excluding carboxylic acids is 2. The summed E-state index contributed by atoms with van der Waals surface area (Å²) in [6, 6.07) is 0. The minimum Gasteiger partial charge on any atom is -0.281 e. The van der Waals surface area contributed by atoms with E-state index >= 15 is 0 Å². The van der Waals surface area contributed by atoms with Gasteiger partial charge in [0.1, 0.15) is 0 Å². The fourth-order valence-corrected chi connectivity index (χ4v) is 3.10. The third-order valence-corrected chi connectivity index (χ3v) is 4.47. The highest BCUT2D eigenvalue weighted by Crippen LogP contribution is 2.25. The van der Waals surface area contributed by atoms with Crippen LogP contribution in [0, 0.1) is 11.8 Å². The summed E-state index contributed by atoms with van der Waals surface area (Å²) in [6.07, 6.45) is 11.4. The van der Waals surface area contributed by atoms with Gasteiger partial charge in [0, 0.05) is 11.8 Å². The third kappa shape index (κ3) is 7.94. The molecule has 112 valence electrons. The Hall–Kier alpha value is -0.0800. The lowest BCUT2D eigenvalue weighted by molar-refractivity contribution is -0.116. The van der Waals surface area contributed by atoms with Gasteiger partial charge in [-0.1, -0.05) is 46.0 Å². The molecule has 0 saturated heterocycles. The number of rotatable bonds is 2. The second-order valence-corrected chi connectivity index (χ2v) is 6.02. The molecule has 0 aromatic carbocycles. The minimum atomic E-state index is -0.130. The molecule has 0 unspecified atom stereocenters. The Morgan fingerprint density at radius 3 is 1.05 bits per heavy atom. The molecule has 19 heavy (non-hydrogen) atoms. The standard InChI is InChI=1S/2C7H11ClO.CH4/c2*8-7(9)6-4-2-1-3-5-6;/h2*6H,1-5H2;1H4. The molecule has 0 spiro atoms. The van der Waals surface area contributed by atoms with Crippen molar-refractivity contribution in [2.75, 3.05) is 0 Å². The lowest BCUT2D eigenvalue weighted by atomic mass is 9.90. The van der Waals surface area contributed by atoms with Crippen molar-refractivity contribution in [1.82, 2.24) is 0 Å². The Bertz CT molecular complexity index is 239. The van der Waals surface area contributed by atoms with Gasteiger partial charge < -0.3 is 0 Å². The maximum absolute atomic E-state index is 10.6. The van der Waals surface area contributed by atoms with Gasteiger partial charge in [-0.3, -0.25) is 9.59 Å². The van der Waals surface area contributed by atoms with E-state index in [1.807, 2.05) is 0 Å². The molecule has 2 aliphatic carbocycles. The smallest absolute Gasteiger partial charge is 0.224 e. The largest absolute Gasteiger partial charge is 0.281 e. The molecule has 2 fully saturated rings. The van der Waals surface area contributed by atoms with Crippen molar-refractivity contribution in [3.8, 4) is 0 Å². The van der Waals surface area contributed by atoms with E-state index in [-0.39, 0.29) is 29.7 Å². The van der Waals surface area contributed by atoms with Crippen LogP contribution in [0.3, 0.4) is 0 Å². The highest BCUT2D eigenvalue weighted by Gasteiger charge is 2.19. The third-order valence-electron chi connectivity index (χ3n) is 3.85. The van der Waals surface area contributed by atoms with Gasteiger partial charge in [-0.15, -0.1) is 0 Å². The predicted molar refractivity (Wildman–Crippen MR) is 81.6 cm³/mol. The summed E-state index contributed by atoms with van der Waals surface area (Å²) in [7, 11) is 0. The first-order chi connectivity index (χ1) is 8.61. The van der Waals surface area contributed by atoms with Crippen LogP contribution in [0.15, 0.2) is 0 Å². The molecule has 2 nitrogen and oxygen atoms in total. The highest BCUT2D eigenvalue weighted by atomic mass is 35.5. The van der Waals surface area contributed by atoms with Crippen molar-refractivity contribution in [2.24, 2.45) is 11.8 Å². The minimum absolute atomic E-state index is 0. The Kier molecular flexibility index (Phi) is 10.6. The van der Waals surface area contributed by atoms with E-state index in [9.17, 15) is 9.59 Å². The molecule has 2 saturated carbocycles. The second-order valence-electron chi connectivity index (χ2n) is 5.28. The molecular weight excluding hydrogens is 283 g/mol. The lowest BCUT2D eigenvalue weighted by Crippen LogP contribution is -2.12. The summed E-state index contributed by atoms with van der Waals surface area (Å²) >= 11 is 10.6. The van der Waals surface area contributed by atoms with E-state index in [4.69, 9.17) is 23.2 Å². The van der Waals surface area contributed by atoms with E-state index in [2.05, 4.69) is 0 Å². The first kappa shape index (κ1) is 18.9. The van der Waals surface area contributed by atoms with Crippen molar-refractivity contribution >= 4 is 33.7 Å². The van der Waals surface area contributed by atoms with Gasteiger partial charge in [-0.25, -0.2) is 0 Å². The second kappa shape index (κ2) is 10.7. The average Bonchev–Trinajstić information content (AvgIpc) is 2.41. The van der Waals surface area contributed by atoms with E-state index < -0.39 is 0 Å². The Balaban J connectivity index is 0.000000324. The van der Waals surface area contributed by atoms with Gasteiger partial charge in [0.2, 0.25) is 10.5 Å². The molecule has 0 radical (unpaired) electrons. The van der Waals surface area contributed by atoms with Crippen LogP contribution in [0.5, 0.6) is 0 Å². The number of hydrogen-bond donors (Lipinski definition) is 0. The quantitative estimate of drug-likeness (QED) is 0.649. The van der Waals surface area contributed by atoms with Gasteiger partial charge in [0.15, 0.2) is 0 Å². The zero-order valence-corrected chi connectivity index (χ0v) is 12.3. The maximum atomic E-state index is 10.6. The van der Waals surface area contributed by atoms with Crippen LogP contribution >= 0.6 is 23.2 Å². The summed E-state index contributed by atoms with van der Waals surface area (Å²) < 4.78 is 0. The van der Waals surface area contributed by atoms with Gasteiger partial charge in [-0.05, 0) is 48.9 Å². The van der Waals surface area contributed by atoms with Gasteiger partial charge in [-0.2, -0.15) is 0 Å². The molecular formula is C15H26Cl2O2. The summed E-state index contributed by atoms with van der Waals surface area (Å²) in [5, 5.41) is -0.260. The molecule has 0 heterocycles. The predicted octanol–water partition coefficient (Wildman–Crippen LogP) is 5.30. The Labute approximate surface area is 127 Å². The summed E-state index contributed by atoms with van der Waals surface area (Å²) in [4.78, 5) is 21.1.